The van der Waals surface area contributed by atoms with Crippen molar-refractivity contribution < 1.29 is 8.95 Å². The lowest BCUT2D eigenvalue weighted by Crippen LogP contribution is -2.22. The Morgan fingerprint density at radius 3 is 2.65 bits per heavy atom. The topological polar surface area (TPSA) is 52.3 Å². The number of nitrogen functional groups attached to an aromatic ring is 1. The van der Waals surface area contributed by atoms with Crippen LogP contribution in [0.25, 0.3) is 0 Å². The zero-order chi connectivity index (χ0) is 13.1. The fourth-order valence-corrected chi connectivity index (χ4v) is 2.80. The van der Waals surface area contributed by atoms with Crippen LogP contribution in [0.15, 0.2) is 27.6 Å². The molecule has 0 aliphatic carbocycles. The fourth-order valence-electron chi connectivity index (χ4n) is 1.24. The lowest BCUT2D eigenvalue weighted by atomic mass is 10.2. The molecule has 0 amide bonds. The molecule has 96 valence electrons. The molecule has 2 N–H and O–H groups in total. The molecule has 3 nitrogen and oxygen atoms in total. The third kappa shape index (κ3) is 5.19. The van der Waals surface area contributed by atoms with Crippen LogP contribution < -0.4 is 5.73 Å². The summed E-state index contributed by atoms with van der Waals surface area (Å²) >= 11 is 3.34. The number of halogens is 1. The molecular weight excluding hydrogens is 302 g/mol. The standard InChI is InChI=1S/C12H18BrNO2S/c1-12(2,3)16-6-7-17(15)11-8-9(13)4-5-10(11)14/h4-5,8H,6-7,14H2,1-3H3. The first-order valence-electron chi connectivity index (χ1n) is 5.37. The van der Waals surface area contributed by atoms with E-state index in [1.54, 1.807) is 12.1 Å². The molecule has 0 saturated carbocycles. The quantitative estimate of drug-likeness (QED) is 0.868. The summed E-state index contributed by atoms with van der Waals surface area (Å²) in [5.74, 6) is 0.456. The third-order valence-electron chi connectivity index (χ3n) is 2.02. The number of nitrogens with two attached hydrogens (primary N) is 1. The first-order chi connectivity index (χ1) is 7.79. The van der Waals surface area contributed by atoms with Gasteiger partial charge in [0.25, 0.3) is 0 Å². The van der Waals surface area contributed by atoms with Gasteiger partial charge in [-0.1, -0.05) is 15.9 Å². The summed E-state index contributed by atoms with van der Waals surface area (Å²) in [6.45, 7) is 6.39. The highest BCUT2D eigenvalue weighted by atomic mass is 79.9. The van der Waals surface area contributed by atoms with Crippen molar-refractivity contribution >= 4 is 32.4 Å². The van der Waals surface area contributed by atoms with Crippen LogP contribution in [0.4, 0.5) is 5.69 Å². The van der Waals surface area contributed by atoms with Gasteiger partial charge in [-0.2, -0.15) is 0 Å². The minimum atomic E-state index is -1.12. The van der Waals surface area contributed by atoms with Gasteiger partial charge in [0.2, 0.25) is 0 Å². The van der Waals surface area contributed by atoms with Crippen molar-refractivity contribution in [2.75, 3.05) is 18.1 Å². The van der Waals surface area contributed by atoms with Gasteiger partial charge >= 0.3 is 0 Å². The monoisotopic (exact) mass is 319 g/mol. The number of benzene rings is 1. The van der Waals surface area contributed by atoms with Crippen molar-refractivity contribution in [3.05, 3.63) is 22.7 Å². The Balaban J connectivity index is 2.61. The maximum Gasteiger partial charge on any atom is 0.0629 e. The van der Waals surface area contributed by atoms with Gasteiger partial charge in [0.05, 0.1) is 33.7 Å². The summed E-state index contributed by atoms with van der Waals surface area (Å²) in [4.78, 5) is 0.664. The van der Waals surface area contributed by atoms with Crippen molar-refractivity contribution in [1.82, 2.24) is 0 Å². The maximum atomic E-state index is 12.0. The highest BCUT2D eigenvalue weighted by Gasteiger charge is 2.13. The van der Waals surface area contributed by atoms with Crippen LogP contribution in [0, 0.1) is 0 Å². The predicted molar refractivity (Wildman–Crippen MR) is 75.5 cm³/mol. The van der Waals surface area contributed by atoms with Crippen LogP contribution in [-0.2, 0) is 15.5 Å². The minimum absolute atomic E-state index is 0.201. The van der Waals surface area contributed by atoms with E-state index in [1.165, 1.54) is 0 Å². The first kappa shape index (κ1) is 14.7. The van der Waals surface area contributed by atoms with Gasteiger partial charge in [-0.25, -0.2) is 0 Å². The summed E-state index contributed by atoms with van der Waals surface area (Å²) in [5.41, 5.74) is 6.15. The molecule has 0 spiro atoms. The van der Waals surface area contributed by atoms with Gasteiger partial charge in [-0.15, -0.1) is 0 Å². The second kappa shape index (κ2) is 5.98. The summed E-state index contributed by atoms with van der Waals surface area (Å²) in [5, 5.41) is 0. The molecule has 1 unspecified atom stereocenters. The molecule has 0 heterocycles. The number of anilines is 1. The van der Waals surface area contributed by atoms with E-state index in [9.17, 15) is 4.21 Å². The first-order valence-corrected chi connectivity index (χ1v) is 7.48. The van der Waals surface area contributed by atoms with Crippen LogP contribution in [0.3, 0.4) is 0 Å². The second-order valence-electron chi connectivity index (χ2n) is 4.69. The molecule has 1 rings (SSSR count). The molecule has 0 bridgehead atoms. The van der Waals surface area contributed by atoms with Gasteiger partial charge in [-0.05, 0) is 39.0 Å². The van der Waals surface area contributed by atoms with Crippen molar-refractivity contribution in [1.29, 1.82) is 0 Å². The number of ether oxygens (including phenoxy) is 1. The lowest BCUT2D eigenvalue weighted by Gasteiger charge is -2.19. The SMILES string of the molecule is CC(C)(C)OCCS(=O)c1cc(Br)ccc1N. The summed E-state index contributed by atoms with van der Waals surface area (Å²) < 4.78 is 18.5. The fraction of sp³-hybridized carbons (Fsp3) is 0.500. The highest BCUT2D eigenvalue weighted by Crippen LogP contribution is 2.22. The van der Waals surface area contributed by atoms with E-state index in [2.05, 4.69) is 15.9 Å². The van der Waals surface area contributed by atoms with E-state index in [0.29, 0.717) is 22.9 Å². The van der Waals surface area contributed by atoms with E-state index in [-0.39, 0.29) is 5.60 Å². The molecule has 1 atom stereocenters. The second-order valence-corrected chi connectivity index (χ2v) is 7.15. The van der Waals surface area contributed by atoms with Crippen LogP contribution in [-0.4, -0.2) is 22.2 Å². The van der Waals surface area contributed by atoms with Crippen LogP contribution >= 0.6 is 15.9 Å². The Labute approximate surface area is 113 Å². The molecule has 17 heavy (non-hydrogen) atoms. The van der Waals surface area contributed by atoms with Crippen molar-refractivity contribution in [3.63, 3.8) is 0 Å². The van der Waals surface area contributed by atoms with Crippen LogP contribution in [0.5, 0.6) is 0 Å². The van der Waals surface area contributed by atoms with E-state index < -0.39 is 10.8 Å². The van der Waals surface area contributed by atoms with E-state index in [0.717, 1.165) is 4.47 Å². The molecule has 0 aromatic heterocycles. The molecule has 0 radical (unpaired) electrons. The number of hydrogen-bond donors (Lipinski definition) is 1. The lowest BCUT2D eigenvalue weighted by molar-refractivity contribution is 0.00669. The van der Waals surface area contributed by atoms with E-state index in [1.807, 2.05) is 26.8 Å². The van der Waals surface area contributed by atoms with E-state index in [4.69, 9.17) is 10.5 Å². The van der Waals surface area contributed by atoms with Gasteiger partial charge in [0.1, 0.15) is 0 Å². The van der Waals surface area contributed by atoms with Gasteiger partial charge in [-0.3, -0.25) is 4.21 Å². The molecule has 1 aromatic carbocycles. The summed E-state index contributed by atoms with van der Waals surface area (Å²) in [7, 11) is -1.12. The Morgan fingerprint density at radius 1 is 1.41 bits per heavy atom. The average molecular weight is 320 g/mol. The third-order valence-corrected chi connectivity index (χ3v) is 3.90. The van der Waals surface area contributed by atoms with Crippen molar-refractivity contribution in [2.45, 2.75) is 31.3 Å². The number of hydrogen-bond acceptors (Lipinski definition) is 3. The summed E-state index contributed by atoms with van der Waals surface area (Å²) in [6, 6.07) is 5.38. The zero-order valence-electron chi connectivity index (χ0n) is 10.3. The molecule has 0 aliphatic heterocycles. The maximum absolute atomic E-state index is 12.0. The van der Waals surface area contributed by atoms with Crippen LogP contribution in [0.2, 0.25) is 0 Å². The van der Waals surface area contributed by atoms with Crippen molar-refractivity contribution in [2.24, 2.45) is 0 Å². The predicted octanol–water partition coefficient (Wildman–Crippen LogP) is 2.95. The Hall–Kier alpha value is -0.390. The molecule has 1 aromatic rings. The van der Waals surface area contributed by atoms with Gasteiger partial charge in [0, 0.05) is 10.2 Å². The van der Waals surface area contributed by atoms with Crippen LogP contribution in [0.1, 0.15) is 20.8 Å². The zero-order valence-corrected chi connectivity index (χ0v) is 12.7. The molecule has 0 fully saturated rings. The molecular formula is C12H18BrNO2S. The Bertz CT molecular complexity index is 415. The minimum Gasteiger partial charge on any atom is -0.398 e. The summed E-state index contributed by atoms with van der Waals surface area (Å²) in [6.07, 6.45) is 0. The average Bonchev–Trinajstić information content (AvgIpc) is 2.19. The van der Waals surface area contributed by atoms with Crippen molar-refractivity contribution in [3.8, 4) is 0 Å². The van der Waals surface area contributed by atoms with Gasteiger partial charge < -0.3 is 10.5 Å². The Kier molecular flexibility index (Phi) is 5.16. The van der Waals surface area contributed by atoms with E-state index >= 15 is 0 Å². The highest BCUT2D eigenvalue weighted by molar-refractivity contribution is 9.10. The molecule has 0 saturated heterocycles. The number of rotatable bonds is 4. The van der Waals surface area contributed by atoms with Gasteiger partial charge in [0.15, 0.2) is 0 Å². The molecule has 0 aliphatic rings. The molecule has 5 heteroatoms. The Morgan fingerprint density at radius 2 is 2.06 bits per heavy atom. The largest absolute Gasteiger partial charge is 0.398 e. The smallest absolute Gasteiger partial charge is 0.0629 e. The normalized spacial score (nSPS) is 13.6.